The van der Waals surface area contributed by atoms with E-state index in [-0.39, 0.29) is 5.60 Å². The van der Waals surface area contributed by atoms with Crippen LogP contribution in [0, 0.1) is 0 Å². The van der Waals surface area contributed by atoms with Crippen molar-refractivity contribution in [2.24, 2.45) is 0 Å². The molecule has 1 nitrogen and oxygen atoms in total. The van der Waals surface area contributed by atoms with Gasteiger partial charge in [0, 0.05) is 0 Å². The predicted octanol–water partition coefficient (Wildman–Crippen LogP) is 3.77. The minimum atomic E-state index is 0.0195. The molecule has 1 unspecified atom stereocenters. The highest BCUT2D eigenvalue weighted by Crippen LogP contribution is 2.14. The largest absolute Gasteiger partial charge is 0.373 e. The zero-order chi connectivity index (χ0) is 9.61. The van der Waals surface area contributed by atoms with Gasteiger partial charge in [-0.1, -0.05) is 26.2 Å². The molecule has 74 valence electrons. The van der Waals surface area contributed by atoms with E-state index in [0.29, 0.717) is 6.10 Å². The summed E-state index contributed by atoms with van der Waals surface area (Å²) in [5.41, 5.74) is 0.0195. The first-order valence-electron chi connectivity index (χ1n) is 5.13. The summed E-state index contributed by atoms with van der Waals surface area (Å²) < 4.78 is 5.78. The standard InChI is InChI=1S/C11H24O/c1-6-7-8-9-10(2)12-11(3,4)5/h10H,6-9H2,1-5H3. The maximum atomic E-state index is 5.78. The van der Waals surface area contributed by atoms with Crippen molar-refractivity contribution < 1.29 is 4.74 Å². The van der Waals surface area contributed by atoms with Gasteiger partial charge in [0.1, 0.15) is 0 Å². The Kier molecular flexibility index (Phi) is 5.56. The molecule has 0 saturated heterocycles. The Morgan fingerprint density at radius 2 is 1.75 bits per heavy atom. The van der Waals surface area contributed by atoms with Crippen molar-refractivity contribution >= 4 is 0 Å². The van der Waals surface area contributed by atoms with Crippen LogP contribution in [0.15, 0.2) is 0 Å². The summed E-state index contributed by atoms with van der Waals surface area (Å²) >= 11 is 0. The minimum absolute atomic E-state index is 0.0195. The molecule has 1 atom stereocenters. The monoisotopic (exact) mass is 172 g/mol. The lowest BCUT2D eigenvalue weighted by Crippen LogP contribution is -2.25. The topological polar surface area (TPSA) is 9.23 Å². The van der Waals surface area contributed by atoms with Gasteiger partial charge < -0.3 is 4.74 Å². The van der Waals surface area contributed by atoms with Crippen LogP contribution in [0.25, 0.3) is 0 Å². The van der Waals surface area contributed by atoms with E-state index in [2.05, 4.69) is 34.6 Å². The first-order chi connectivity index (χ1) is 5.45. The molecule has 0 aromatic carbocycles. The van der Waals surface area contributed by atoms with Crippen molar-refractivity contribution in [3.05, 3.63) is 0 Å². The Balaban J connectivity index is 3.40. The zero-order valence-electron chi connectivity index (χ0n) is 9.31. The summed E-state index contributed by atoms with van der Waals surface area (Å²) in [5, 5.41) is 0. The lowest BCUT2D eigenvalue weighted by atomic mass is 10.1. The first kappa shape index (κ1) is 12.0. The van der Waals surface area contributed by atoms with Crippen molar-refractivity contribution in [1.82, 2.24) is 0 Å². The third-order valence-electron chi connectivity index (χ3n) is 1.77. The van der Waals surface area contributed by atoms with Gasteiger partial charge in [-0.2, -0.15) is 0 Å². The average Bonchev–Trinajstić information content (AvgIpc) is 1.84. The molecule has 0 bridgehead atoms. The van der Waals surface area contributed by atoms with Crippen molar-refractivity contribution in [2.45, 2.75) is 72.0 Å². The molecule has 0 radical (unpaired) electrons. The second kappa shape index (κ2) is 5.58. The van der Waals surface area contributed by atoms with Gasteiger partial charge in [-0.15, -0.1) is 0 Å². The molecule has 0 saturated carbocycles. The van der Waals surface area contributed by atoms with Crippen molar-refractivity contribution in [3.8, 4) is 0 Å². The van der Waals surface area contributed by atoms with Crippen LogP contribution in [-0.2, 0) is 4.74 Å². The Morgan fingerprint density at radius 3 is 2.17 bits per heavy atom. The van der Waals surface area contributed by atoms with E-state index in [1.165, 1.54) is 25.7 Å². The second-order valence-corrected chi connectivity index (χ2v) is 4.54. The average molecular weight is 172 g/mol. The molecular formula is C11H24O. The maximum absolute atomic E-state index is 5.78. The Bertz CT molecular complexity index is 102. The Hall–Kier alpha value is -0.0400. The number of ether oxygens (including phenoxy) is 1. The molecule has 0 amide bonds. The fourth-order valence-electron chi connectivity index (χ4n) is 1.34. The molecule has 0 aromatic rings. The van der Waals surface area contributed by atoms with Crippen LogP contribution in [0.5, 0.6) is 0 Å². The number of unbranched alkanes of at least 4 members (excludes halogenated alkanes) is 2. The molecule has 0 aliphatic heterocycles. The summed E-state index contributed by atoms with van der Waals surface area (Å²) in [6, 6.07) is 0. The van der Waals surface area contributed by atoms with Gasteiger partial charge in [0.25, 0.3) is 0 Å². The second-order valence-electron chi connectivity index (χ2n) is 4.54. The van der Waals surface area contributed by atoms with Crippen LogP contribution in [0.3, 0.4) is 0 Å². The highest BCUT2D eigenvalue weighted by Gasteiger charge is 2.14. The summed E-state index contributed by atoms with van der Waals surface area (Å²) in [7, 11) is 0. The Morgan fingerprint density at radius 1 is 1.17 bits per heavy atom. The molecule has 0 rings (SSSR count). The van der Waals surface area contributed by atoms with Crippen molar-refractivity contribution in [1.29, 1.82) is 0 Å². The lowest BCUT2D eigenvalue weighted by molar-refractivity contribution is -0.0549. The van der Waals surface area contributed by atoms with E-state index in [0.717, 1.165) is 0 Å². The van der Waals surface area contributed by atoms with Crippen LogP contribution in [-0.4, -0.2) is 11.7 Å². The van der Waals surface area contributed by atoms with Crippen LogP contribution in [0.4, 0.5) is 0 Å². The summed E-state index contributed by atoms with van der Waals surface area (Å²) in [4.78, 5) is 0. The van der Waals surface area contributed by atoms with Gasteiger partial charge in [0.15, 0.2) is 0 Å². The Labute approximate surface area is 77.5 Å². The van der Waals surface area contributed by atoms with Crippen molar-refractivity contribution in [3.63, 3.8) is 0 Å². The van der Waals surface area contributed by atoms with Gasteiger partial charge in [-0.3, -0.25) is 0 Å². The van der Waals surface area contributed by atoms with Gasteiger partial charge in [0.2, 0.25) is 0 Å². The lowest BCUT2D eigenvalue weighted by Gasteiger charge is -2.25. The number of rotatable bonds is 5. The van der Waals surface area contributed by atoms with Crippen LogP contribution in [0.1, 0.15) is 60.3 Å². The highest BCUT2D eigenvalue weighted by atomic mass is 16.5. The van der Waals surface area contributed by atoms with E-state index < -0.39 is 0 Å². The third kappa shape index (κ3) is 8.06. The molecule has 0 aliphatic rings. The van der Waals surface area contributed by atoms with Gasteiger partial charge in [0.05, 0.1) is 11.7 Å². The van der Waals surface area contributed by atoms with Gasteiger partial charge in [-0.05, 0) is 34.1 Å². The molecule has 0 aliphatic carbocycles. The summed E-state index contributed by atoms with van der Waals surface area (Å²) in [5.74, 6) is 0. The zero-order valence-corrected chi connectivity index (χ0v) is 9.31. The first-order valence-corrected chi connectivity index (χ1v) is 5.13. The van der Waals surface area contributed by atoms with Crippen molar-refractivity contribution in [2.75, 3.05) is 0 Å². The van der Waals surface area contributed by atoms with E-state index >= 15 is 0 Å². The van der Waals surface area contributed by atoms with Gasteiger partial charge >= 0.3 is 0 Å². The van der Waals surface area contributed by atoms with Crippen LogP contribution >= 0.6 is 0 Å². The molecule has 0 N–H and O–H groups in total. The predicted molar refractivity (Wildman–Crippen MR) is 54.4 cm³/mol. The molecule has 0 aromatic heterocycles. The molecular weight excluding hydrogens is 148 g/mol. The van der Waals surface area contributed by atoms with E-state index in [1.54, 1.807) is 0 Å². The molecule has 0 spiro atoms. The number of hydrogen-bond acceptors (Lipinski definition) is 1. The normalized spacial score (nSPS) is 14.8. The van der Waals surface area contributed by atoms with E-state index in [9.17, 15) is 0 Å². The minimum Gasteiger partial charge on any atom is -0.373 e. The maximum Gasteiger partial charge on any atom is 0.0602 e. The van der Waals surface area contributed by atoms with E-state index in [1.807, 2.05) is 0 Å². The molecule has 0 fully saturated rings. The summed E-state index contributed by atoms with van der Waals surface area (Å²) in [6.07, 6.45) is 5.54. The molecule has 12 heavy (non-hydrogen) atoms. The third-order valence-corrected chi connectivity index (χ3v) is 1.77. The van der Waals surface area contributed by atoms with Gasteiger partial charge in [-0.25, -0.2) is 0 Å². The quantitative estimate of drug-likeness (QED) is 0.574. The van der Waals surface area contributed by atoms with E-state index in [4.69, 9.17) is 4.74 Å². The fraction of sp³-hybridized carbons (Fsp3) is 1.00. The smallest absolute Gasteiger partial charge is 0.0602 e. The SMILES string of the molecule is CCCCCC(C)OC(C)(C)C. The number of hydrogen-bond donors (Lipinski definition) is 0. The highest BCUT2D eigenvalue weighted by molar-refractivity contribution is 4.62. The fourth-order valence-corrected chi connectivity index (χ4v) is 1.34. The van der Waals surface area contributed by atoms with Crippen LogP contribution < -0.4 is 0 Å². The molecule has 0 heterocycles. The summed E-state index contributed by atoms with van der Waals surface area (Å²) in [6.45, 7) is 10.7. The van der Waals surface area contributed by atoms with Crippen LogP contribution in [0.2, 0.25) is 0 Å². The molecule has 1 heteroatoms.